The summed E-state index contributed by atoms with van der Waals surface area (Å²) in [6.07, 6.45) is 19.3. The molecule has 4 heterocycles. The molecule has 0 bridgehead atoms. The Labute approximate surface area is 460 Å². The molecule has 7 aromatic rings. The van der Waals surface area contributed by atoms with Gasteiger partial charge in [0.25, 0.3) is 35.3 Å². The second kappa shape index (κ2) is 30.2. The summed E-state index contributed by atoms with van der Waals surface area (Å²) in [4.78, 5) is 0. The Hall–Kier alpha value is -6.98. The van der Waals surface area contributed by atoms with Gasteiger partial charge in [0, 0.05) is 0 Å². The first-order valence-electron chi connectivity index (χ1n) is 28.6. The smallest absolute Gasteiger partial charge is 0.252 e. The van der Waals surface area contributed by atoms with Crippen molar-refractivity contribution in [1.82, 2.24) is 40.8 Å². The molecule has 0 aliphatic heterocycles. The number of hydrogen-bond acceptors (Lipinski definition) is 18. The summed E-state index contributed by atoms with van der Waals surface area (Å²) >= 11 is 0. The number of nitrogens with zero attached hydrogens (tertiary/aromatic N) is 8. The Balaban J connectivity index is 1.35. The van der Waals surface area contributed by atoms with Gasteiger partial charge in [-0.3, -0.25) is 0 Å². The number of ether oxygens (including phenoxy) is 6. The van der Waals surface area contributed by atoms with Gasteiger partial charge < -0.3 is 46.1 Å². The summed E-state index contributed by atoms with van der Waals surface area (Å²) in [5.41, 5.74) is 3.28. The van der Waals surface area contributed by atoms with Crippen LogP contribution in [-0.2, 0) is 0 Å². The lowest BCUT2D eigenvalue weighted by Gasteiger charge is -2.20. The van der Waals surface area contributed by atoms with Crippen molar-refractivity contribution in [3.8, 4) is 103 Å². The summed E-state index contributed by atoms with van der Waals surface area (Å²) < 4.78 is 63.6. The molecule has 0 radical (unpaired) electrons. The van der Waals surface area contributed by atoms with Crippen LogP contribution in [0.2, 0.25) is 0 Å². The SMILES string of the molecule is CCCCC(CC)COc1cc(-c2nnc(-c3cc(OCC(CC)CCCC)c(-c4nnc(-c5cc(OC)c(-c6nnco6)cc5OCC(CC)CCCC)o4)cc3OCC(CC)CCCC)o2)c(OC)cc1-c1nnco1. The third kappa shape index (κ3) is 15.2. The molecule has 78 heavy (non-hydrogen) atoms. The van der Waals surface area contributed by atoms with Crippen LogP contribution in [0.3, 0.4) is 0 Å². The molecule has 18 heteroatoms. The number of methoxy groups -OCH3 is 2. The van der Waals surface area contributed by atoms with Crippen LogP contribution in [0.4, 0.5) is 0 Å². The van der Waals surface area contributed by atoms with Gasteiger partial charge in [0.15, 0.2) is 0 Å². The van der Waals surface area contributed by atoms with Crippen LogP contribution in [0, 0.1) is 23.7 Å². The zero-order valence-electron chi connectivity index (χ0n) is 47.7. The highest BCUT2D eigenvalue weighted by Gasteiger charge is 2.29. The molecular formula is C60H82N8O10. The Morgan fingerprint density at radius 2 is 0.603 bits per heavy atom. The third-order valence-corrected chi connectivity index (χ3v) is 14.7. The molecule has 0 saturated carbocycles. The molecule has 3 aromatic carbocycles. The van der Waals surface area contributed by atoms with E-state index in [0.29, 0.717) is 124 Å². The first-order chi connectivity index (χ1) is 38.2. The van der Waals surface area contributed by atoms with E-state index in [4.69, 9.17) is 51.2 Å². The van der Waals surface area contributed by atoms with Crippen molar-refractivity contribution in [3.05, 3.63) is 49.2 Å². The minimum absolute atomic E-state index is 0.204. The van der Waals surface area contributed by atoms with Crippen LogP contribution in [0.25, 0.3) is 68.7 Å². The van der Waals surface area contributed by atoms with Crippen molar-refractivity contribution in [2.45, 2.75) is 158 Å². The molecule has 422 valence electrons. The molecular weight excluding hydrogens is 993 g/mol. The Kier molecular flexibility index (Phi) is 22.8. The number of aromatic nitrogens is 8. The van der Waals surface area contributed by atoms with Crippen LogP contribution < -0.4 is 28.4 Å². The van der Waals surface area contributed by atoms with E-state index >= 15 is 0 Å². The van der Waals surface area contributed by atoms with Crippen molar-refractivity contribution in [1.29, 1.82) is 0 Å². The number of benzene rings is 3. The van der Waals surface area contributed by atoms with Gasteiger partial charge in [-0.1, -0.05) is 132 Å². The van der Waals surface area contributed by atoms with Crippen LogP contribution in [0.1, 0.15) is 158 Å². The summed E-state index contributed by atoms with van der Waals surface area (Å²) in [6, 6.07) is 11.0. The van der Waals surface area contributed by atoms with E-state index in [1.807, 2.05) is 24.3 Å². The van der Waals surface area contributed by atoms with Crippen molar-refractivity contribution < 1.29 is 46.1 Å². The van der Waals surface area contributed by atoms with Gasteiger partial charge in [-0.25, -0.2) is 0 Å². The van der Waals surface area contributed by atoms with Gasteiger partial charge in [-0.05, 0) is 85.8 Å². The predicted octanol–water partition coefficient (Wildman–Crippen LogP) is 15.6. The van der Waals surface area contributed by atoms with E-state index in [1.54, 1.807) is 26.4 Å². The molecule has 0 aliphatic carbocycles. The maximum atomic E-state index is 6.87. The molecule has 0 fully saturated rings. The molecule has 4 unspecified atom stereocenters. The standard InChI is InChI=1S/C60H82N8O10/c1-11-19-23-39(15-5)33-71-51-30-44(50(70-10)27-45(51)56-64-62-38-76-56)57-65-67-59(77-57)47-31-54(74-36-42(18-8)26-22-14-4)48(32-53(47)73-35-41(17-7)25-21-13-3)60-68-66-58(78-60)46-28-49(69-9)43(55-63-61-37-75-55)29-52(46)72-34-40(16-6)24-20-12-2/h27-32,37-42H,11-26,33-36H2,1-10H3. The highest BCUT2D eigenvalue weighted by molar-refractivity contribution is 5.79. The summed E-state index contributed by atoms with van der Waals surface area (Å²) in [5.74, 6) is 5.60. The minimum Gasteiger partial charge on any atom is -0.496 e. The Bertz CT molecular complexity index is 2850. The minimum atomic E-state index is 0.204. The van der Waals surface area contributed by atoms with Crippen LogP contribution in [0.15, 0.2) is 66.9 Å². The Morgan fingerprint density at radius 3 is 0.846 bits per heavy atom. The molecule has 4 atom stereocenters. The second-order valence-corrected chi connectivity index (χ2v) is 20.2. The van der Waals surface area contributed by atoms with E-state index in [9.17, 15) is 0 Å². The second-order valence-electron chi connectivity index (χ2n) is 20.2. The fourth-order valence-corrected chi connectivity index (χ4v) is 9.38. The fourth-order valence-electron chi connectivity index (χ4n) is 9.38. The molecule has 0 spiro atoms. The quantitative estimate of drug-likeness (QED) is 0.0357. The summed E-state index contributed by atoms with van der Waals surface area (Å²) in [5, 5.41) is 34.9. The number of rotatable bonds is 36. The average molecular weight is 1080 g/mol. The molecule has 7 rings (SSSR count). The van der Waals surface area contributed by atoms with Gasteiger partial charge in [0.05, 0.1) is 74.0 Å². The monoisotopic (exact) mass is 1070 g/mol. The van der Waals surface area contributed by atoms with Crippen LogP contribution in [-0.4, -0.2) is 81.4 Å². The maximum absolute atomic E-state index is 6.87. The molecule has 0 saturated heterocycles. The van der Waals surface area contributed by atoms with Gasteiger partial charge in [0.1, 0.15) is 34.5 Å². The number of unbranched alkanes of at least 4 members (excludes halogenated alkanes) is 4. The topological polar surface area (TPSA) is 211 Å². The van der Waals surface area contributed by atoms with E-state index in [2.05, 4.69) is 91.1 Å². The average Bonchev–Trinajstić information content (AvgIpc) is 4.35. The molecule has 0 N–H and O–H groups in total. The van der Waals surface area contributed by atoms with E-state index in [0.717, 1.165) is 103 Å². The summed E-state index contributed by atoms with van der Waals surface area (Å²) in [7, 11) is 3.17. The van der Waals surface area contributed by atoms with Crippen molar-refractivity contribution in [3.63, 3.8) is 0 Å². The Morgan fingerprint density at radius 1 is 0.346 bits per heavy atom. The lowest BCUT2D eigenvalue weighted by molar-refractivity contribution is 0.228. The van der Waals surface area contributed by atoms with Gasteiger partial charge in [-0.15, -0.1) is 40.8 Å². The summed E-state index contributed by atoms with van der Waals surface area (Å²) in [6.45, 7) is 19.4. The lowest BCUT2D eigenvalue weighted by atomic mass is 10.00. The first-order valence-corrected chi connectivity index (χ1v) is 28.6. The van der Waals surface area contributed by atoms with E-state index in [1.165, 1.54) is 12.8 Å². The van der Waals surface area contributed by atoms with Gasteiger partial charge >= 0.3 is 0 Å². The molecule has 0 amide bonds. The largest absolute Gasteiger partial charge is 0.496 e. The van der Waals surface area contributed by atoms with Crippen LogP contribution in [0.5, 0.6) is 34.5 Å². The molecule has 18 nitrogen and oxygen atoms in total. The maximum Gasteiger partial charge on any atom is 0.252 e. The third-order valence-electron chi connectivity index (χ3n) is 14.7. The fraction of sp³-hybridized carbons (Fsp3) is 0.567. The van der Waals surface area contributed by atoms with Crippen molar-refractivity contribution in [2.75, 3.05) is 40.6 Å². The van der Waals surface area contributed by atoms with Crippen molar-refractivity contribution >= 4 is 0 Å². The van der Waals surface area contributed by atoms with E-state index in [-0.39, 0.29) is 29.5 Å². The normalized spacial score (nSPS) is 13.1. The zero-order chi connectivity index (χ0) is 55.2. The number of hydrogen-bond donors (Lipinski definition) is 0. The van der Waals surface area contributed by atoms with Crippen molar-refractivity contribution in [2.24, 2.45) is 23.7 Å². The van der Waals surface area contributed by atoms with Crippen LogP contribution >= 0.6 is 0 Å². The lowest BCUT2D eigenvalue weighted by Crippen LogP contribution is -2.13. The highest BCUT2D eigenvalue weighted by atomic mass is 16.5. The van der Waals surface area contributed by atoms with E-state index < -0.39 is 0 Å². The first kappa shape index (κ1) is 58.7. The van der Waals surface area contributed by atoms with Gasteiger partial charge in [-0.2, -0.15) is 0 Å². The van der Waals surface area contributed by atoms with Gasteiger partial charge in [0.2, 0.25) is 12.8 Å². The molecule has 4 aromatic heterocycles. The highest BCUT2D eigenvalue weighted by Crippen LogP contribution is 2.46. The predicted molar refractivity (Wildman–Crippen MR) is 299 cm³/mol. The zero-order valence-corrected chi connectivity index (χ0v) is 47.7. The molecule has 0 aliphatic rings.